The van der Waals surface area contributed by atoms with E-state index in [0.29, 0.717) is 12.0 Å². The Balaban J connectivity index is 2.04. The normalized spacial score (nSPS) is 14.7. The maximum Gasteiger partial charge on any atom is 0.305 e. The molecule has 20 heavy (non-hydrogen) atoms. The summed E-state index contributed by atoms with van der Waals surface area (Å²) in [7, 11) is 0. The largest absolute Gasteiger partial charge is 0.481 e. The predicted molar refractivity (Wildman–Crippen MR) is 76.9 cm³/mol. The van der Waals surface area contributed by atoms with Crippen LogP contribution in [0.3, 0.4) is 0 Å². The van der Waals surface area contributed by atoms with Gasteiger partial charge in [-0.3, -0.25) is 9.59 Å². The molecule has 0 saturated heterocycles. The second kappa shape index (κ2) is 6.55. The Morgan fingerprint density at radius 2 is 2.05 bits per heavy atom. The Bertz CT molecular complexity index is 510. The number of carboxylic acid groups (broad SMARTS) is 1. The molecule has 4 nitrogen and oxygen atoms in total. The number of hydrogen-bond donors (Lipinski definition) is 2. The molecule has 1 aromatic carbocycles. The Labute approximate surface area is 119 Å². The van der Waals surface area contributed by atoms with Crippen LogP contribution in [-0.2, 0) is 17.6 Å². The van der Waals surface area contributed by atoms with Gasteiger partial charge in [-0.1, -0.05) is 19.4 Å². The van der Waals surface area contributed by atoms with Crippen LogP contribution >= 0.6 is 0 Å². The molecule has 2 N–H and O–H groups in total. The molecule has 0 heterocycles. The molecule has 0 aromatic heterocycles. The molecule has 0 aliphatic heterocycles. The van der Waals surface area contributed by atoms with Gasteiger partial charge in [0.1, 0.15) is 0 Å². The Morgan fingerprint density at radius 3 is 2.75 bits per heavy atom. The van der Waals surface area contributed by atoms with Crippen LogP contribution in [0.5, 0.6) is 0 Å². The van der Waals surface area contributed by atoms with Crippen molar-refractivity contribution in [1.29, 1.82) is 0 Å². The van der Waals surface area contributed by atoms with Gasteiger partial charge in [-0.15, -0.1) is 0 Å². The lowest BCUT2D eigenvalue weighted by atomic mass is 10.0. The number of rotatable bonds is 6. The number of hydrogen-bond acceptors (Lipinski definition) is 2. The van der Waals surface area contributed by atoms with E-state index in [1.54, 1.807) is 0 Å². The van der Waals surface area contributed by atoms with Crippen LogP contribution in [0.2, 0.25) is 0 Å². The molecule has 1 unspecified atom stereocenters. The van der Waals surface area contributed by atoms with Crippen molar-refractivity contribution in [2.24, 2.45) is 0 Å². The summed E-state index contributed by atoms with van der Waals surface area (Å²) in [5, 5.41) is 11.7. The molecule has 0 bridgehead atoms. The lowest BCUT2D eigenvalue weighted by molar-refractivity contribution is -0.137. The van der Waals surface area contributed by atoms with E-state index < -0.39 is 5.97 Å². The minimum Gasteiger partial charge on any atom is -0.481 e. The second-order valence-electron chi connectivity index (χ2n) is 5.39. The molecule has 108 valence electrons. The standard InChI is InChI=1S/C16H21NO3/c1-2-4-14(10-15(18)19)17-16(20)13-8-7-11-5-3-6-12(11)9-13/h7-9,14H,2-6,10H2,1H3,(H,17,20)(H,18,19). The van der Waals surface area contributed by atoms with Crippen molar-refractivity contribution >= 4 is 11.9 Å². The highest BCUT2D eigenvalue weighted by Crippen LogP contribution is 2.22. The van der Waals surface area contributed by atoms with Gasteiger partial charge in [0.25, 0.3) is 5.91 Å². The first kappa shape index (κ1) is 14.6. The number of carbonyl (C=O) groups excluding carboxylic acids is 1. The zero-order chi connectivity index (χ0) is 14.5. The van der Waals surface area contributed by atoms with Crippen molar-refractivity contribution < 1.29 is 14.7 Å². The van der Waals surface area contributed by atoms with E-state index in [-0.39, 0.29) is 18.4 Å². The van der Waals surface area contributed by atoms with E-state index in [9.17, 15) is 9.59 Å². The van der Waals surface area contributed by atoms with Crippen LogP contribution in [-0.4, -0.2) is 23.0 Å². The summed E-state index contributed by atoms with van der Waals surface area (Å²) >= 11 is 0. The number of nitrogens with one attached hydrogen (secondary N) is 1. The quantitative estimate of drug-likeness (QED) is 0.838. The molecule has 0 saturated carbocycles. The highest BCUT2D eigenvalue weighted by Gasteiger charge is 2.18. The van der Waals surface area contributed by atoms with Crippen molar-refractivity contribution in [2.75, 3.05) is 0 Å². The molecule has 4 heteroatoms. The summed E-state index contributed by atoms with van der Waals surface area (Å²) < 4.78 is 0. The van der Waals surface area contributed by atoms with Crippen molar-refractivity contribution in [2.45, 2.75) is 51.5 Å². The summed E-state index contributed by atoms with van der Waals surface area (Å²) in [5.74, 6) is -1.04. The van der Waals surface area contributed by atoms with E-state index in [1.165, 1.54) is 11.1 Å². The van der Waals surface area contributed by atoms with Gasteiger partial charge in [0.15, 0.2) is 0 Å². The van der Waals surface area contributed by atoms with E-state index in [0.717, 1.165) is 25.7 Å². The molecular weight excluding hydrogens is 254 g/mol. The third kappa shape index (κ3) is 3.59. The maximum atomic E-state index is 12.2. The molecule has 2 rings (SSSR count). The Kier molecular flexibility index (Phi) is 4.77. The van der Waals surface area contributed by atoms with Gasteiger partial charge < -0.3 is 10.4 Å². The molecule has 0 fully saturated rings. The first-order valence-corrected chi connectivity index (χ1v) is 7.24. The van der Waals surface area contributed by atoms with Gasteiger partial charge >= 0.3 is 5.97 Å². The van der Waals surface area contributed by atoms with Crippen LogP contribution < -0.4 is 5.32 Å². The molecule has 0 radical (unpaired) electrons. The minimum atomic E-state index is -0.877. The monoisotopic (exact) mass is 275 g/mol. The highest BCUT2D eigenvalue weighted by molar-refractivity contribution is 5.95. The molecule has 1 aromatic rings. The highest BCUT2D eigenvalue weighted by atomic mass is 16.4. The fourth-order valence-electron chi connectivity index (χ4n) is 2.77. The van der Waals surface area contributed by atoms with Gasteiger partial charge in [-0.25, -0.2) is 0 Å². The Hall–Kier alpha value is -1.84. The third-order valence-electron chi connectivity index (χ3n) is 3.75. The van der Waals surface area contributed by atoms with E-state index >= 15 is 0 Å². The first-order valence-electron chi connectivity index (χ1n) is 7.24. The summed E-state index contributed by atoms with van der Waals surface area (Å²) in [6.45, 7) is 1.98. The molecule has 1 aliphatic rings. The van der Waals surface area contributed by atoms with Gasteiger partial charge in [0.05, 0.1) is 6.42 Å². The zero-order valence-corrected chi connectivity index (χ0v) is 11.8. The van der Waals surface area contributed by atoms with Crippen LogP contribution in [0, 0.1) is 0 Å². The maximum absolute atomic E-state index is 12.2. The van der Waals surface area contributed by atoms with Crippen molar-refractivity contribution in [1.82, 2.24) is 5.32 Å². The first-order chi connectivity index (χ1) is 9.60. The third-order valence-corrected chi connectivity index (χ3v) is 3.75. The smallest absolute Gasteiger partial charge is 0.305 e. The second-order valence-corrected chi connectivity index (χ2v) is 5.39. The van der Waals surface area contributed by atoms with E-state index in [2.05, 4.69) is 5.32 Å². The number of aryl methyl sites for hydroxylation is 2. The Morgan fingerprint density at radius 1 is 1.30 bits per heavy atom. The van der Waals surface area contributed by atoms with Gasteiger partial charge in [0.2, 0.25) is 0 Å². The number of carboxylic acids is 1. The van der Waals surface area contributed by atoms with Crippen LogP contribution in [0.1, 0.15) is 54.1 Å². The van der Waals surface area contributed by atoms with Crippen molar-refractivity contribution in [3.05, 3.63) is 34.9 Å². The summed E-state index contributed by atoms with van der Waals surface area (Å²) in [4.78, 5) is 23.0. The number of carbonyl (C=O) groups is 2. The summed E-state index contributed by atoms with van der Waals surface area (Å²) in [6.07, 6.45) is 4.78. The summed E-state index contributed by atoms with van der Waals surface area (Å²) in [6, 6.07) is 5.51. The number of aliphatic carboxylic acids is 1. The fourth-order valence-corrected chi connectivity index (χ4v) is 2.77. The van der Waals surface area contributed by atoms with E-state index in [4.69, 9.17) is 5.11 Å². The van der Waals surface area contributed by atoms with Gasteiger partial charge in [-0.2, -0.15) is 0 Å². The minimum absolute atomic E-state index is 0.0233. The average molecular weight is 275 g/mol. The lowest BCUT2D eigenvalue weighted by Crippen LogP contribution is -2.36. The fraction of sp³-hybridized carbons (Fsp3) is 0.500. The van der Waals surface area contributed by atoms with E-state index in [1.807, 2.05) is 25.1 Å². The van der Waals surface area contributed by atoms with Gasteiger partial charge in [0, 0.05) is 11.6 Å². The topological polar surface area (TPSA) is 66.4 Å². The number of amides is 1. The summed E-state index contributed by atoms with van der Waals surface area (Å²) in [5.41, 5.74) is 3.22. The van der Waals surface area contributed by atoms with Crippen molar-refractivity contribution in [3.8, 4) is 0 Å². The SMILES string of the molecule is CCCC(CC(=O)O)NC(=O)c1ccc2c(c1)CCC2. The number of benzene rings is 1. The molecule has 1 aliphatic carbocycles. The predicted octanol–water partition coefficient (Wildman–Crippen LogP) is 2.55. The number of fused-ring (bicyclic) bond motifs is 1. The van der Waals surface area contributed by atoms with Gasteiger partial charge in [-0.05, 0) is 48.9 Å². The zero-order valence-electron chi connectivity index (χ0n) is 11.8. The molecule has 0 spiro atoms. The van der Waals surface area contributed by atoms with Crippen molar-refractivity contribution in [3.63, 3.8) is 0 Å². The van der Waals surface area contributed by atoms with Crippen LogP contribution in [0.25, 0.3) is 0 Å². The average Bonchev–Trinajstić information content (AvgIpc) is 2.85. The molecular formula is C16H21NO3. The van der Waals surface area contributed by atoms with Crippen LogP contribution in [0.15, 0.2) is 18.2 Å². The molecule has 1 amide bonds. The molecule has 1 atom stereocenters. The lowest BCUT2D eigenvalue weighted by Gasteiger charge is -2.16. The van der Waals surface area contributed by atoms with Crippen LogP contribution in [0.4, 0.5) is 0 Å².